The van der Waals surface area contributed by atoms with Crippen LogP contribution < -0.4 is 19.5 Å². The zero-order valence-electron chi connectivity index (χ0n) is 14.1. The van der Waals surface area contributed by atoms with E-state index in [4.69, 9.17) is 19.3 Å². The maximum absolute atomic E-state index is 12.5. The van der Waals surface area contributed by atoms with E-state index >= 15 is 0 Å². The molecule has 1 saturated carbocycles. The van der Waals surface area contributed by atoms with E-state index in [1.165, 1.54) is 21.3 Å². The number of amides is 1. The molecule has 2 unspecified atom stereocenters. The van der Waals surface area contributed by atoms with Crippen molar-refractivity contribution in [2.24, 2.45) is 11.8 Å². The summed E-state index contributed by atoms with van der Waals surface area (Å²) >= 11 is 0. The molecule has 7 heteroatoms. The van der Waals surface area contributed by atoms with E-state index in [1.54, 1.807) is 12.1 Å². The van der Waals surface area contributed by atoms with Gasteiger partial charge < -0.3 is 24.6 Å². The van der Waals surface area contributed by atoms with Crippen molar-refractivity contribution >= 4 is 17.6 Å². The number of carboxylic acids is 1. The lowest BCUT2D eigenvalue weighted by Crippen LogP contribution is -2.30. The first-order valence-corrected chi connectivity index (χ1v) is 7.83. The predicted molar refractivity (Wildman–Crippen MR) is 87.8 cm³/mol. The summed E-state index contributed by atoms with van der Waals surface area (Å²) in [4.78, 5) is 23.6. The van der Waals surface area contributed by atoms with Crippen molar-refractivity contribution in [3.63, 3.8) is 0 Å². The van der Waals surface area contributed by atoms with Gasteiger partial charge in [0.15, 0.2) is 11.5 Å². The highest BCUT2D eigenvalue weighted by atomic mass is 16.5. The first kappa shape index (κ1) is 17.9. The molecule has 1 aliphatic carbocycles. The molecule has 24 heavy (non-hydrogen) atoms. The van der Waals surface area contributed by atoms with Crippen LogP contribution in [-0.2, 0) is 9.59 Å². The number of hydrogen-bond acceptors (Lipinski definition) is 5. The molecule has 1 fully saturated rings. The van der Waals surface area contributed by atoms with Crippen molar-refractivity contribution in [2.45, 2.75) is 25.7 Å². The van der Waals surface area contributed by atoms with Crippen LogP contribution in [0.4, 0.5) is 5.69 Å². The van der Waals surface area contributed by atoms with E-state index < -0.39 is 11.9 Å². The number of nitrogens with one attached hydrogen (secondary N) is 1. The second kappa shape index (κ2) is 7.90. The normalized spacial score (nSPS) is 20.1. The number of ether oxygens (including phenoxy) is 3. The summed E-state index contributed by atoms with van der Waals surface area (Å²) in [6.45, 7) is 0. The Morgan fingerprint density at radius 2 is 1.62 bits per heavy atom. The van der Waals surface area contributed by atoms with Crippen LogP contribution in [0.1, 0.15) is 25.7 Å². The molecule has 0 saturated heterocycles. The topological polar surface area (TPSA) is 94.1 Å². The van der Waals surface area contributed by atoms with Gasteiger partial charge in [0.25, 0.3) is 0 Å². The zero-order chi connectivity index (χ0) is 17.7. The van der Waals surface area contributed by atoms with E-state index in [1.807, 2.05) is 0 Å². The van der Waals surface area contributed by atoms with Crippen LogP contribution in [0.15, 0.2) is 12.1 Å². The highest BCUT2D eigenvalue weighted by Crippen LogP contribution is 2.40. The van der Waals surface area contributed by atoms with Crippen LogP contribution in [0.25, 0.3) is 0 Å². The number of aliphatic carboxylic acids is 1. The van der Waals surface area contributed by atoms with Gasteiger partial charge in [-0.05, 0) is 19.3 Å². The van der Waals surface area contributed by atoms with Gasteiger partial charge >= 0.3 is 5.97 Å². The van der Waals surface area contributed by atoms with Crippen LogP contribution in [0, 0.1) is 11.8 Å². The van der Waals surface area contributed by atoms with Crippen molar-refractivity contribution in [1.82, 2.24) is 0 Å². The molecule has 0 aliphatic heterocycles. The SMILES string of the molecule is COc1cc(NC(=O)C2CCCC(C(=O)O)C2)cc(OC)c1OC. The second-order valence-corrected chi connectivity index (χ2v) is 5.80. The van der Waals surface area contributed by atoms with E-state index in [0.29, 0.717) is 42.2 Å². The third-order valence-corrected chi connectivity index (χ3v) is 4.33. The van der Waals surface area contributed by atoms with Gasteiger partial charge in [0.05, 0.1) is 27.2 Å². The Kier molecular flexibility index (Phi) is 5.89. The zero-order valence-corrected chi connectivity index (χ0v) is 14.1. The number of anilines is 1. The number of benzene rings is 1. The van der Waals surface area contributed by atoms with Crippen LogP contribution in [-0.4, -0.2) is 38.3 Å². The predicted octanol–water partition coefficient (Wildman–Crippen LogP) is 2.54. The van der Waals surface area contributed by atoms with Crippen molar-refractivity contribution < 1.29 is 28.9 Å². The molecule has 0 aromatic heterocycles. The number of hydrogen-bond donors (Lipinski definition) is 2. The molecular weight excluding hydrogens is 314 g/mol. The molecule has 1 amide bonds. The van der Waals surface area contributed by atoms with Gasteiger partial charge in [0, 0.05) is 23.7 Å². The van der Waals surface area contributed by atoms with E-state index in [0.717, 1.165) is 6.42 Å². The molecule has 1 aromatic rings. The van der Waals surface area contributed by atoms with Gasteiger partial charge in [0.2, 0.25) is 11.7 Å². The number of methoxy groups -OCH3 is 3. The van der Waals surface area contributed by atoms with Crippen molar-refractivity contribution in [1.29, 1.82) is 0 Å². The minimum absolute atomic E-state index is 0.185. The molecule has 2 rings (SSSR count). The molecular formula is C17H23NO6. The molecule has 7 nitrogen and oxygen atoms in total. The maximum Gasteiger partial charge on any atom is 0.306 e. The molecule has 0 radical (unpaired) electrons. The van der Waals surface area contributed by atoms with E-state index in [-0.39, 0.29) is 11.8 Å². The van der Waals surface area contributed by atoms with Crippen LogP contribution >= 0.6 is 0 Å². The van der Waals surface area contributed by atoms with E-state index in [9.17, 15) is 9.59 Å². The molecule has 0 heterocycles. The van der Waals surface area contributed by atoms with Gasteiger partial charge in [-0.2, -0.15) is 0 Å². The Morgan fingerprint density at radius 1 is 1.04 bits per heavy atom. The molecule has 2 N–H and O–H groups in total. The summed E-state index contributed by atoms with van der Waals surface area (Å²) in [7, 11) is 4.51. The molecule has 1 aromatic carbocycles. The molecule has 1 aliphatic rings. The number of carboxylic acid groups (broad SMARTS) is 1. The maximum atomic E-state index is 12.5. The van der Waals surface area contributed by atoms with Crippen molar-refractivity contribution in [3.8, 4) is 17.2 Å². The summed E-state index contributed by atoms with van der Waals surface area (Å²) in [6.07, 6.45) is 2.43. The van der Waals surface area contributed by atoms with Gasteiger partial charge in [-0.15, -0.1) is 0 Å². The highest BCUT2D eigenvalue weighted by Gasteiger charge is 2.31. The Bertz CT molecular complexity index is 590. The molecule has 132 valence electrons. The van der Waals surface area contributed by atoms with Gasteiger partial charge in [-0.25, -0.2) is 0 Å². The second-order valence-electron chi connectivity index (χ2n) is 5.80. The summed E-state index contributed by atoms with van der Waals surface area (Å²) < 4.78 is 15.8. The van der Waals surface area contributed by atoms with Gasteiger partial charge in [0.1, 0.15) is 0 Å². The fourth-order valence-corrected chi connectivity index (χ4v) is 3.05. The number of carbonyl (C=O) groups is 2. The third kappa shape index (κ3) is 3.90. The lowest BCUT2D eigenvalue weighted by molar-refractivity contribution is -0.143. The summed E-state index contributed by atoms with van der Waals surface area (Å²) in [6, 6.07) is 3.30. The van der Waals surface area contributed by atoms with Crippen LogP contribution in [0.3, 0.4) is 0 Å². The number of rotatable bonds is 6. The van der Waals surface area contributed by atoms with Crippen LogP contribution in [0.5, 0.6) is 17.2 Å². The van der Waals surface area contributed by atoms with Crippen molar-refractivity contribution in [3.05, 3.63) is 12.1 Å². The highest BCUT2D eigenvalue weighted by molar-refractivity contribution is 5.93. The fourth-order valence-electron chi connectivity index (χ4n) is 3.05. The Morgan fingerprint density at radius 3 is 2.12 bits per heavy atom. The standard InChI is InChI=1S/C17H23NO6/c1-22-13-8-12(9-14(23-2)15(13)24-3)18-16(19)10-5-4-6-11(7-10)17(20)21/h8-11H,4-7H2,1-3H3,(H,18,19)(H,20,21). The third-order valence-electron chi connectivity index (χ3n) is 4.33. The van der Waals surface area contributed by atoms with E-state index in [2.05, 4.69) is 5.32 Å². The Balaban J connectivity index is 2.15. The van der Waals surface area contributed by atoms with Gasteiger partial charge in [-0.1, -0.05) is 6.42 Å². The number of carbonyl (C=O) groups excluding carboxylic acids is 1. The van der Waals surface area contributed by atoms with Gasteiger partial charge in [-0.3, -0.25) is 9.59 Å². The molecule has 0 bridgehead atoms. The van der Waals surface area contributed by atoms with Crippen LogP contribution in [0.2, 0.25) is 0 Å². The fraction of sp³-hybridized carbons (Fsp3) is 0.529. The minimum Gasteiger partial charge on any atom is -0.493 e. The summed E-state index contributed by atoms with van der Waals surface area (Å²) in [5.74, 6) is -0.441. The first-order valence-electron chi connectivity index (χ1n) is 7.83. The first-order chi connectivity index (χ1) is 11.5. The molecule has 2 atom stereocenters. The summed E-state index contributed by atoms with van der Waals surface area (Å²) in [5, 5.41) is 12.0. The minimum atomic E-state index is -0.833. The quantitative estimate of drug-likeness (QED) is 0.828. The molecule has 0 spiro atoms. The monoisotopic (exact) mass is 337 g/mol. The average Bonchev–Trinajstić information content (AvgIpc) is 2.60. The Hall–Kier alpha value is -2.44. The van der Waals surface area contributed by atoms with Crippen molar-refractivity contribution in [2.75, 3.05) is 26.6 Å². The lowest BCUT2D eigenvalue weighted by atomic mass is 9.81. The smallest absolute Gasteiger partial charge is 0.306 e. The lowest BCUT2D eigenvalue weighted by Gasteiger charge is -2.26. The largest absolute Gasteiger partial charge is 0.493 e. The average molecular weight is 337 g/mol. The Labute approximate surface area is 140 Å². The summed E-state index contributed by atoms with van der Waals surface area (Å²) in [5.41, 5.74) is 0.520.